The first-order valence-electron chi connectivity index (χ1n) is 7.47. The molecule has 116 valence electrons. The molecule has 1 aromatic heterocycles. The number of nitrogen functional groups attached to an aromatic ring is 1. The molecule has 0 spiro atoms. The van der Waals surface area contributed by atoms with Crippen LogP contribution in [0.4, 0.5) is 14.6 Å². The van der Waals surface area contributed by atoms with Crippen molar-refractivity contribution < 1.29 is 8.78 Å². The van der Waals surface area contributed by atoms with E-state index in [0.29, 0.717) is 11.7 Å². The van der Waals surface area contributed by atoms with Crippen LogP contribution in [0.1, 0.15) is 17.5 Å². The number of anilines is 1. The summed E-state index contributed by atoms with van der Waals surface area (Å²) in [7, 11) is 0. The van der Waals surface area contributed by atoms with Crippen molar-refractivity contribution in [1.29, 1.82) is 0 Å². The minimum atomic E-state index is -0.785. The molecule has 0 bridgehead atoms. The first kappa shape index (κ1) is 14.9. The summed E-state index contributed by atoms with van der Waals surface area (Å²) in [5.74, 6) is -0.536. The molecule has 1 aromatic carbocycles. The van der Waals surface area contributed by atoms with Crippen LogP contribution in [0.5, 0.6) is 0 Å². The maximum absolute atomic E-state index is 13.3. The molecule has 1 saturated heterocycles. The average molecular weight is 303 g/mol. The standard InChI is InChI=1S/C17H19F2N3/c18-15-2-1-12(8-16(15)19)7-14-4-6-22(11-14)10-13-3-5-21-17(20)9-13/h1-3,5,8-9,14H,4,6-7,10-11H2,(H2,20,21)/t14-/m0/s1. The van der Waals surface area contributed by atoms with Gasteiger partial charge in [0.15, 0.2) is 11.6 Å². The van der Waals surface area contributed by atoms with Crippen molar-refractivity contribution in [2.75, 3.05) is 18.8 Å². The van der Waals surface area contributed by atoms with E-state index in [4.69, 9.17) is 5.73 Å². The van der Waals surface area contributed by atoms with Crippen molar-refractivity contribution >= 4 is 5.82 Å². The zero-order valence-corrected chi connectivity index (χ0v) is 12.3. The molecule has 0 amide bonds. The smallest absolute Gasteiger partial charge is 0.159 e. The van der Waals surface area contributed by atoms with Gasteiger partial charge in [0, 0.05) is 19.3 Å². The van der Waals surface area contributed by atoms with Crippen LogP contribution in [-0.4, -0.2) is 23.0 Å². The van der Waals surface area contributed by atoms with Gasteiger partial charge in [-0.05, 0) is 60.7 Å². The van der Waals surface area contributed by atoms with Gasteiger partial charge in [-0.1, -0.05) is 6.07 Å². The van der Waals surface area contributed by atoms with Crippen LogP contribution in [0.25, 0.3) is 0 Å². The number of nitrogens with zero attached hydrogens (tertiary/aromatic N) is 2. The summed E-state index contributed by atoms with van der Waals surface area (Å²) in [5.41, 5.74) is 7.71. The summed E-state index contributed by atoms with van der Waals surface area (Å²) in [6.45, 7) is 2.82. The largest absolute Gasteiger partial charge is 0.384 e. The molecule has 2 heterocycles. The zero-order chi connectivity index (χ0) is 15.5. The van der Waals surface area contributed by atoms with Gasteiger partial charge in [-0.2, -0.15) is 0 Å². The van der Waals surface area contributed by atoms with E-state index in [1.54, 1.807) is 12.3 Å². The normalized spacial score (nSPS) is 18.7. The fourth-order valence-electron chi connectivity index (χ4n) is 3.07. The van der Waals surface area contributed by atoms with Crippen LogP contribution >= 0.6 is 0 Å². The lowest BCUT2D eigenvalue weighted by Crippen LogP contribution is -2.20. The SMILES string of the molecule is Nc1cc(CN2CC[C@@H](Cc3ccc(F)c(F)c3)C2)ccn1. The molecular formula is C17H19F2N3. The summed E-state index contributed by atoms with van der Waals surface area (Å²) in [5, 5.41) is 0. The number of likely N-dealkylation sites (tertiary alicyclic amines) is 1. The Labute approximate surface area is 128 Å². The number of rotatable bonds is 4. The number of pyridine rings is 1. The molecule has 1 aliphatic heterocycles. The number of halogens is 2. The van der Waals surface area contributed by atoms with Crippen LogP contribution in [0.3, 0.4) is 0 Å². The third-order valence-electron chi connectivity index (χ3n) is 4.13. The molecule has 22 heavy (non-hydrogen) atoms. The van der Waals surface area contributed by atoms with Crippen molar-refractivity contribution in [3.05, 3.63) is 59.3 Å². The van der Waals surface area contributed by atoms with Gasteiger partial charge in [0.05, 0.1) is 0 Å². The van der Waals surface area contributed by atoms with Gasteiger partial charge < -0.3 is 5.73 Å². The highest BCUT2D eigenvalue weighted by molar-refractivity contribution is 5.31. The highest BCUT2D eigenvalue weighted by Crippen LogP contribution is 2.23. The van der Waals surface area contributed by atoms with Crippen molar-refractivity contribution in [2.45, 2.75) is 19.4 Å². The zero-order valence-electron chi connectivity index (χ0n) is 12.3. The highest BCUT2D eigenvalue weighted by Gasteiger charge is 2.23. The van der Waals surface area contributed by atoms with E-state index in [9.17, 15) is 8.78 Å². The van der Waals surface area contributed by atoms with Gasteiger partial charge in [-0.3, -0.25) is 4.90 Å². The highest BCUT2D eigenvalue weighted by atomic mass is 19.2. The first-order valence-corrected chi connectivity index (χ1v) is 7.47. The number of aromatic nitrogens is 1. The summed E-state index contributed by atoms with van der Waals surface area (Å²) in [6, 6.07) is 8.05. The first-order chi connectivity index (χ1) is 10.6. The molecule has 0 radical (unpaired) electrons. The van der Waals surface area contributed by atoms with Crippen molar-refractivity contribution in [1.82, 2.24) is 9.88 Å². The van der Waals surface area contributed by atoms with Gasteiger partial charge in [-0.15, -0.1) is 0 Å². The van der Waals surface area contributed by atoms with Crippen molar-refractivity contribution in [3.63, 3.8) is 0 Å². The van der Waals surface area contributed by atoms with Crippen LogP contribution in [-0.2, 0) is 13.0 Å². The van der Waals surface area contributed by atoms with E-state index in [2.05, 4.69) is 9.88 Å². The molecule has 2 N–H and O–H groups in total. The second-order valence-corrected chi connectivity index (χ2v) is 5.93. The lowest BCUT2D eigenvalue weighted by molar-refractivity contribution is 0.316. The predicted octanol–water partition coefficient (Wildman–Crippen LogP) is 3.01. The Balaban J connectivity index is 1.57. The molecule has 1 aliphatic rings. The van der Waals surface area contributed by atoms with E-state index in [-0.39, 0.29) is 0 Å². The molecule has 1 fully saturated rings. The second kappa shape index (κ2) is 6.40. The van der Waals surface area contributed by atoms with Gasteiger partial charge in [0.25, 0.3) is 0 Å². The maximum Gasteiger partial charge on any atom is 0.159 e. The average Bonchev–Trinajstić information content (AvgIpc) is 2.90. The monoisotopic (exact) mass is 303 g/mol. The van der Waals surface area contributed by atoms with E-state index < -0.39 is 11.6 Å². The van der Waals surface area contributed by atoms with E-state index >= 15 is 0 Å². The number of benzene rings is 1. The van der Waals surface area contributed by atoms with Gasteiger partial charge in [0.1, 0.15) is 5.82 Å². The molecule has 0 saturated carbocycles. The molecule has 2 aromatic rings. The molecule has 1 atom stereocenters. The number of hydrogen-bond acceptors (Lipinski definition) is 3. The Morgan fingerprint density at radius 3 is 2.77 bits per heavy atom. The second-order valence-electron chi connectivity index (χ2n) is 5.93. The quantitative estimate of drug-likeness (QED) is 0.944. The molecule has 0 aliphatic carbocycles. The lowest BCUT2D eigenvalue weighted by Gasteiger charge is -2.16. The van der Waals surface area contributed by atoms with Gasteiger partial charge in [0.2, 0.25) is 0 Å². The third-order valence-corrected chi connectivity index (χ3v) is 4.13. The van der Waals surface area contributed by atoms with Crippen LogP contribution in [0, 0.1) is 17.6 Å². The van der Waals surface area contributed by atoms with E-state index in [0.717, 1.165) is 43.6 Å². The fraction of sp³-hybridized carbons (Fsp3) is 0.353. The fourth-order valence-corrected chi connectivity index (χ4v) is 3.07. The van der Waals surface area contributed by atoms with Gasteiger partial charge in [-0.25, -0.2) is 13.8 Å². The number of hydrogen-bond donors (Lipinski definition) is 1. The Hall–Kier alpha value is -2.01. The third kappa shape index (κ3) is 3.60. The maximum atomic E-state index is 13.3. The molecule has 3 rings (SSSR count). The van der Waals surface area contributed by atoms with Crippen molar-refractivity contribution in [3.8, 4) is 0 Å². The Kier molecular flexibility index (Phi) is 4.34. The number of nitrogens with two attached hydrogens (primary N) is 1. The molecule has 3 nitrogen and oxygen atoms in total. The molecular weight excluding hydrogens is 284 g/mol. The Morgan fingerprint density at radius 1 is 1.14 bits per heavy atom. The Morgan fingerprint density at radius 2 is 2.00 bits per heavy atom. The minimum Gasteiger partial charge on any atom is -0.384 e. The summed E-state index contributed by atoms with van der Waals surface area (Å²) < 4.78 is 26.2. The van der Waals surface area contributed by atoms with Gasteiger partial charge >= 0.3 is 0 Å². The summed E-state index contributed by atoms with van der Waals surface area (Å²) >= 11 is 0. The lowest BCUT2D eigenvalue weighted by atomic mass is 9.98. The van der Waals surface area contributed by atoms with Crippen LogP contribution in [0.15, 0.2) is 36.5 Å². The summed E-state index contributed by atoms with van der Waals surface area (Å²) in [6.07, 6.45) is 3.57. The summed E-state index contributed by atoms with van der Waals surface area (Å²) in [4.78, 5) is 6.35. The van der Waals surface area contributed by atoms with Crippen LogP contribution in [0.2, 0.25) is 0 Å². The molecule has 5 heteroatoms. The minimum absolute atomic E-state index is 0.476. The topological polar surface area (TPSA) is 42.1 Å². The van der Waals surface area contributed by atoms with Crippen molar-refractivity contribution in [2.24, 2.45) is 5.92 Å². The van der Waals surface area contributed by atoms with E-state index in [1.807, 2.05) is 12.1 Å². The predicted molar refractivity (Wildman–Crippen MR) is 82.1 cm³/mol. The Bertz CT molecular complexity index is 660. The van der Waals surface area contributed by atoms with E-state index in [1.165, 1.54) is 12.1 Å². The van der Waals surface area contributed by atoms with Crippen LogP contribution < -0.4 is 5.73 Å². The molecule has 0 unspecified atom stereocenters.